The number of hydrogen-bond acceptors (Lipinski definition) is 4. The molecule has 0 atom stereocenters. The first-order chi connectivity index (χ1) is 9.24. The van der Waals surface area contributed by atoms with Crippen molar-refractivity contribution in [2.75, 3.05) is 13.2 Å². The topological polar surface area (TPSA) is 48.4 Å². The normalized spacial score (nSPS) is 10.4. The van der Waals surface area contributed by atoms with Gasteiger partial charge in [-0.2, -0.15) is 0 Å². The van der Waals surface area contributed by atoms with E-state index in [4.69, 9.17) is 9.47 Å². The van der Waals surface area contributed by atoms with Crippen LogP contribution in [0.3, 0.4) is 0 Å². The fourth-order valence-corrected chi connectivity index (χ4v) is 1.97. The van der Waals surface area contributed by atoms with Crippen LogP contribution in [-0.4, -0.2) is 24.2 Å². The standard InChI is InChI=1S/C15H17NO3/c1-3-18-13-6-5-11-9-16-10-12(14(11)8-13)7-15(17)19-4-2/h5-6,8-10H,3-4,7H2,1-2H3. The molecule has 2 aromatic rings. The molecule has 1 heterocycles. The Morgan fingerprint density at radius 2 is 2.05 bits per heavy atom. The van der Waals surface area contributed by atoms with Crippen LogP contribution >= 0.6 is 0 Å². The van der Waals surface area contributed by atoms with Crippen LogP contribution in [0.1, 0.15) is 19.4 Å². The van der Waals surface area contributed by atoms with Gasteiger partial charge in [0, 0.05) is 17.8 Å². The highest BCUT2D eigenvalue weighted by Gasteiger charge is 2.09. The molecule has 2 rings (SSSR count). The maximum Gasteiger partial charge on any atom is 0.310 e. The lowest BCUT2D eigenvalue weighted by Gasteiger charge is -2.08. The number of ether oxygens (including phenoxy) is 2. The molecule has 0 fully saturated rings. The fourth-order valence-electron chi connectivity index (χ4n) is 1.97. The lowest BCUT2D eigenvalue weighted by Crippen LogP contribution is -2.08. The number of pyridine rings is 1. The van der Waals surface area contributed by atoms with Crippen molar-refractivity contribution >= 4 is 16.7 Å². The molecule has 0 spiro atoms. The fraction of sp³-hybridized carbons (Fsp3) is 0.333. The molecular weight excluding hydrogens is 242 g/mol. The molecule has 4 heteroatoms. The van der Waals surface area contributed by atoms with E-state index in [1.54, 1.807) is 19.3 Å². The van der Waals surface area contributed by atoms with Crippen LogP contribution in [0.5, 0.6) is 5.75 Å². The molecule has 4 nitrogen and oxygen atoms in total. The van der Waals surface area contributed by atoms with E-state index >= 15 is 0 Å². The van der Waals surface area contributed by atoms with Gasteiger partial charge in [-0.1, -0.05) is 0 Å². The highest BCUT2D eigenvalue weighted by Crippen LogP contribution is 2.23. The van der Waals surface area contributed by atoms with Crippen molar-refractivity contribution in [2.24, 2.45) is 0 Å². The Morgan fingerprint density at radius 3 is 2.79 bits per heavy atom. The molecule has 0 amide bonds. The molecule has 19 heavy (non-hydrogen) atoms. The number of carbonyl (C=O) groups excluding carboxylic acids is 1. The Labute approximate surface area is 112 Å². The van der Waals surface area contributed by atoms with Crippen molar-refractivity contribution in [1.29, 1.82) is 0 Å². The lowest BCUT2D eigenvalue weighted by atomic mass is 10.1. The summed E-state index contributed by atoms with van der Waals surface area (Å²) in [4.78, 5) is 15.7. The van der Waals surface area contributed by atoms with Crippen molar-refractivity contribution < 1.29 is 14.3 Å². The van der Waals surface area contributed by atoms with E-state index < -0.39 is 0 Å². The highest BCUT2D eigenvalue weighted by molar-refractivity contribution is 5.89. The molecule has 100 valence electrons. The maximum absolute atomic E-state index is 11.6. The molecule has 1 aromatic heterocycles. The van der Waals surface area contributed by atoms with Crippen molar-refractivity contribution in [3.8, 4) is 5.75 Å². The van der Waals surface area contributed by atoms with E-state index in [1.165, 1.54) is 0 Å². The van der Waals surface area contributed by atoms with Gasteiger partial charge < -0.3 is 9.47 Å². The number of esters is 1. The molecular formula is C15H17NO3. The minimum absolute atomic E-state index is 0.230. The van der Waals surface area contributed by atoms with E-state index in [9.17, 15) is 4.79 Å². The summed E-state index contributed by atoms with van der Waals surface area (Å²) in [7, 11) is 0. The zero-order chi connectivity index (χ0) is 13.7. The Balaban J connectivity index is 2.36. The molecule has 0 radical (unpaired) electrons. The number of hydrogen-bond donors (Lipinski definition) is 0. The summed E-state index contributed by atoms with van der Waals surface area (Å²) >= 11 is 0. The van der Waals surface area contributed by atoms with Gasteiger partial charge in [-0.25, -0.2) is 0 Å². The molecule has 0 aliphatic carbocycles. The molecule has 0 unspecified atom stereocenters. The van der Waals surface area contributed by atoms with Gasteiger partial charge in [-0.05, 0) is 43.0 Å². The number of benzene rings is 1. The van der Waals surface area contributed by atoms with E-state index in [0.717, 1.165) is 22.1 Å². The van der Waals surface area contributed by atoms with E-state index in [2.05, 4.69) is 4.98 Å². The first kappa shape index (κ1) is 13.3. The molecule has 0 bridgehead atoms. The predicted molar refractivity (Wildman–Crippen MR) is 73.2 cm³/mol. The molecule has 0 saturated carbocycles. The van der Waals surface area contributed by atoms with Crippen LogP contribution < -0.4 is 4.74 Å². The largest absolute Gasteiger partial charge is 0.494 e. The van der Waals surface area contributed by atoms with Crippen molar-refractivity contribution in [3.05, 3.63) is 36.2 Å². The third-order valence-electron chi connectivity index (χ3n) is 2.77. The summed E-state index contributed by atoms with van der Waals surface area (Å²) in [5.74, 6) is 0.560. The third-order valence-corrected chi connectivity index (χ3v) is 2.77. The van der Waals surface area contributed by atoms with Gasteiger partial charge in [0.1, 0.15) is 5.75 Å². The molecule has 0 aliphatic rings. The molecule has 1 aromatic carbocycles. The second-order valence-electron chi connectivity index (χ2n) is 4.10. The van der Waals surface area contributed by atoms with Gasteiger partial charge >= 0.3 is 5.97 Å². The minimum atomic E-state index is -0.237. The number of fused-ring (bicyclic) bond motifs is 1. The summed E-state index contributed by atoms with van der Waals surface area (Å²) in [6.07, 6.45) is 3.71. The summed E-state index contributed by atoms with van der Waals surface area (Å²) in [6, 6.07) is 5.79. The van der Waals surface area contributed by atoms with E-state index in [1.807, 2.05) is 25.1 Å². The first-order valence-corrected chi connectivity index (χ1v) is 6.39. The van der Waals surface area contributed by atoms with Gasteiger partial charge in [-0.3, -0.25) is 9.78 Å². The van der Waals surface area contributed by atoms with Crippen LogP contribution in [-0.2, 0) is 16.0 Å². The number of aromatic nitrogens is 1. The Morgan fingerprint density at radius 1 is 1.21 bits per heavy atom. The van der Waals surface area contributed by atoms with Crippen LogP contribution in [0.25, 0.3) is 10.8 Å². The van der Waals surface area contributed by atoms with Crippen LogP contribution in [0.15, 0.2) is 30.6 Å². The average Bonchev–Trinajstić information content (AvgIpc) is 2.40. The SMILES string of the molecule is CCOC(=O)Cc1cncc2ccc(OCC)cc12. The third kappa shape index (κ3) is 3.22. The average molecular weight is 259 g/mol. The summed E-state index contributed by atoms with van der Waals surface area (Å²) < 4.78 is 10.5. The Bertz CT molecular complexity index is 581. The molecule has 0 saturated heterocycles. The smallest absolute Gasteiger partial charge is 0.310 e. The quantitative estimate of drug-likeness (QED) is 0.775. The Kier molecular flexibility index (Phi) is 4.34. The van der Waals surface area contributed by atoms with Crippen molar-refractivity contribution in [3.63, 3.8) is 0 Å². The zero-order valence-corrected chi connectivity index (χ0v) is 11.2. The number of nitrogens with zero attached hydrogens (tertiary/aromatic N) is 1. The second-order valence-corrected chi connectivity index (χ2v) is 4.10. The van der Waals surface area contributed by atoms with Gasteiger partial charge in [0.2, 0.25) is 0 Å². The molecule has 0 aliphatic heterocycles. The maximum atomic E-state index is 11.6. The highest BCUT2D eigenvalue weighted by atomic mass is 16.5. The predicted octanol–water partition coefficient (Wildman–Crippen LogP) is 2.74. The number of carbonyl (C=O) groups is 1. The van der Waals surface area contributed by atoms with Crippen molar-refractivity contribution in [2.45, 2.75) is 20.3 Å². The van der Waals surface area contributed by atoms with Crippen LogP contribution in [0.2, 0.25) is 0 Å². The lowest BCUT2D eigenvalue weighted by molar-refractivity contribution is -0.142. The monoisotopic (exact) mass is 259 g/mol. The summed E-state index contributed by atoms with van der Waals surface area (Å²) in [5.41, 5.74) is 0.859. The second kappa shape index (κ2) is 6.18. The van der Waals surface area contributed by atoms with Gasteiger partial charge in [0.05, 0.1) is 19.6 Å². The van der Waals surface area contributed by atoms with Crippen LogP contribution in [0, 0.1) is 0 Å². The van der Waals surface area contributed by atoms with E-state index in [0.29, 0.717) is 13.2 Å². The van der Waals surface area contributed by atoms with Crippen LogP contribution in [0.4, 0.5) is 0 Å². The van der Waals surface area contributed by atoms with Gasteiger partial charge in [0.15, 0.2) is 0 Å². The zero-order valence-electron chi connectivity index (χ0n) is 11.2. The molecule has 0 N–H and O–H groups in total. The first-order valence-electron chi connectivity index (χ1n) is 6.39. The van der Waals surface area contributed by atoms with E-state index in [-0.39, 0.29) is 12.4 Å². The minimum Gasteiger partial charge on any atom is -0.494 e. The van der Waals surface area contributed by atoms with Gasteiger partial charge in [-0.15, -0.1) is 0 Å². The Hall–Kier alpha value is -2.10. The van der Waals surface area contributed by atoms with Crippen molar-refractivity contribution in [1.82, 2.24) is 4.98 Å². The summed E-state index contributed by atoms with van der Waals surface area (Å²) in [6.45, 7) is 4.74. The number of rotatable bonds is 5. The summed E-state index contributed by atoms with van der Waals surface area (Å²) in [5, 5.41) is 1.97. The van der Waals surface area contributed by atoms with Gasteiger partial charge in [0.25, 0.3) is 0 Å².